The van der Waals surface area contributed by atoms with E-state index in [1.165, 1.54) is 6.07 Å². The zero-order valence-corrected chi connectivity index (χ0v) is 11.4. The van der Waals surface area contributed by atoms with Crippen LogP contribution in [0, 0.1) is 17.6 Å². The van der Waals surface area contributed by atoms with Crippen LogP contribution >= 0.6 is 12.2 Å². The molecule has 0 aliphatic rings. The van der Waals surface area contributed by atoms with E-state index >= 15 is 0 Å². The van der Waals surface area contributed by atoms with Crippen molar-refractivity contribution in [3.05, 3.63) is 35.4 Å². The Morgan fingerprint density at radius 3 is 2.67 bits per heavy atom. The molecule has 2 nitrogen and oxygen atoms in total. The highest BCUT2D eigenvalue weighted by atomic mass is 32.1. The van der Waals surface area contributed by atoms with Crippen molar-refractivity contribution in [2.75, 3.05) is 13.1 Å². The molecule has 0 saturated heterocycles. The summed E-state index contributed by atoms with van der Waals surface area (Å²) in [6, 6.07) is 3.49. The third-order valence-corrected chi connectivity index (χ3v) is 3.27. The van der Waals surface area contributed by atoms with Crippen LogP contribution in [0.4, 0.5) is 8.78 Å². The molecule has 0 aromatic heterocycles. The van der Waals surface area contributed by atoms with Crippen molar-refractivity contribution in [3.63, 3.8) is 0 Å². The van der Waals surface area contributed by atoms with Crippen LogP contribution in [0.5, 0.6) is 0 Å². The Bertz CT molecular complexity index is 423. The molecule has 18 heavy (non-hydrogen) atoms. The Hall–Kier alpha value is -1.07. The predicted octanol–water partition coefficient (Wildman–Crippen LogP) is 2.71. The largest absolute Gasteiger partial charge is 0.393 e. The zero-order valence-electron chi connectivity index (χ0n) is 10.6. The normalized spacial score (nSPS) is 12.7. The van der Waals surface area contributed by atoms with Crippen molar-refractivity contribution in [2.24, 2.45) is 11.7 Å². The molecule has 0 spiro atoms. The van der Waals surface area contributed by atoms with E-state index in [4.69, 9.17) is 18.0 Å². The Morgan fingerprint density at radius 1 is 1.44 bits per heavy atom. The maximum Gasteiger partial charge on any atom is 0.127 e. The molecule has 0 fully saturated rings. The molecule has 1 rings (SSSR count). The van der Waals surface area contributed by atoms with Gasteiger partial charge in [-0.25, -0.2) is 8.78 Å². The predicted molar refractivity (Wildman–Crippen MR) is 73.3 cm³/mol. The summed E-state index contributed by atoms with van der Waals surface area (Å²) < 4.78 is 26.6. The Labute approximate surface area is 112 Å². The highest BCUT2D eigenvalue weighted by molar-refractivity contribution is 7.80. The van der Waals surface area contributed by atoms with Crippen molar-refractivity contribution in [1.29, 1.82) is 0 Å². The van der Waals surface area contributed by atoms with Gasteiger partial charge >= 0.3 is 0 Å². The smallest absolute Gasteiger partial charge is 0.127 e. The lowest BCUT2D eigenvalue weighted by atomic mass is 10.1. The molecule has 0 amide bonds. The number of hydrogen-bond donors (Lipinski definition) is 1. The average Bonchev–Trinajstić information content (AvgIpc) is 2.32. The van der Waals surface area contributed by atoms with E-state index in [2.05, 4.69) is 0 Å². The molecule has 0 bridgehead atoms. The minimum absolute atomic E-state index is 0.0524. The van der Waals surface area contributed by atoms with E-state index in [-0.39, 0.29) is 5.92 Å². The Kier molecular flexibility index (Phi) is 5.62. The van der Waals surface area contributed by atoms with Gasteiger partial charge in [-0.1, -0.05) is 26.1 Å². The van der Waals surface area contributed by atoms with Crippen LogP contribution in [-0.4, -0.2) is 23.0 Å². The maximum atomic E-state index is 13.5. The van der Waals surface area contributed by atoms with Crippen LogP contribution in [0.1, 0.15) is 19.4 Å². The number of rotatable bonds is 6. The Morgan fingerprint density at radius 2 is 2.11 bits per heavy atom. The van der Waals surface area contributed by atoms with Gasteiger partial charge in [0, 0.05) is 24.6 Å². The first kappa shape index (κ1) is 15.0. The number of hydrogen-bond acceptors (Lipinski definition) is 2. The van der Waals surface area contributed by atoms with Crippen molar-refractivity contribution >= 4 is 17.2 Å². The summed E-state index contributed by atoms with van der Waals surface area (Å²) in [5.41, 5.74) is 5.91. The molecule has 1 unspecified atom stereocenters. The summed E-state index contributed by atoms with van der Waals surface area (Å²) in [5, 5.41) is 0. The molecule has 0 aliphatic heterocycles. The van der Waals surface area contributed by atoms with Crippen LogP contribution in [0.15, 0.2) is 18.2 Å². The van der Waals surface area contributed by atoms with Gasteiger partial charge < -0.3 is 5.73 Å². The molecule has 0 saturated carbocycles. The van der Waals surface area contributed by atoms with Crippen molar-refractivity contribution in [3.8, 4) is 0 Å². The second-order valence-electron chi connectivity index (χ2n) is 4.37. The van der Waals surface area contributed by atoms with Gasteiger partial charge in [0.15, 0.2) is 0 Å². The Balaban J connectivity index is 2.73. The lowest BCUT2D eigenvalue weighted by Crippen LogP contribution is -2.33. The number of benzene rings is 1. The van der Waals surface area contributed by atoms with Gasteiger partial charge in [0.1, 0.15) is 11.6 Å². The molecule has 2 N–H and O–H groups in total. The number of nitrogens with zero attached hydrogens (tertiary/aromatic N) is 1. The lowest BCUT2D eigenvalue weighted by molar-refractivity contribution is 0.260. The van der Waals surface area contributed by atoms with Gasteiger partial charge in [0.2, 0.25) is 0 Å². The molecule has 0 heterocycles. The quantitative estimate of drug-likeness (QED) is 0.807. The lowest BCUT2D eigenvalue weighted by Gasteiger charge is -2.24. The van der Waals surface area contributed by atoms with Gasteiger partial charge in [0.25, 0.3) is 0 Å². The van der Waals surface area contributed by atoms with E-state index in [1.807, 2.05) is 18.7 Å². The van der Waals surface area contributed by atoms with Crippen LogP contribution in [0.3, 0.4) is 0 Å². The summed E-state index contributed by atoms with van der Waals surface area (Å²) >= 11 is 4.91. The van der Waals surface area contributed by atoms with Crippen LogP contribution in [0.2, 0.25) is 0 Å². The molecular formula is C13H18F2N2S. The van der Waals surface area contributed by atoms with Crippen LogP contribution in [0.25, 0.3) is 0 Å². The van der Waals surface area contributed by atoms with E-state index < -0.39 is 11.6 Å². The number of halogens is 2. The van der Waals surface area contributed by atoms with Crippen LogP contribution in [-0.2, 0) is 6.54 Å². The van der Waals surface area contributed by atoms with E-state index in [1.54, 1.807) is 0 Å². The minimum atomic E-state index is -0.426. The minimum Gasteiger partial charge on any atom is -0.393 e. The summed E-state index contributed by atoms with van der Waals surface area (Å²) in [6.45, 7) is 5.61. The van der Waals surface area contributed by atoms with Gasteiger partial charge in [0.05, 0.1) is 4.99 Å². The zero-order chi connectivity index (χ0) is 13.7. The number of thiocarbonyl (C=S) groups is 1. The molecule has 1 atom stereocenters. The highest BCUT2D eigenvalue weighted by Gasteiger charge is 2.13. The molecule has 1 aromatic carbocycles. The first-order valence-electron chi connectivity index (χ1n) is 5.89. The van der Waals surface area contributed by atoms with Gasteiger partial charge in [-0.2, -0.15) is 0 Å². The summed E-state index contributed by atoms with van der Waals surface area (Å²) in [7, 11) is 0. The van der Waals surface area contributed by atoms with Crippen molar-refractivity contribution in [2.45, 2.75) is 20.4 Å². The fourth-order valence-corrected chi connectivity index (χ4v) is 1.76. The standard InChI is InChI=1S/C13H18F2N2S/c1-3-17(7-9(2)13(16)18)8-10-6-11(14)4-5-12(10)15/h4-6,9H,3,7-8H2,1-2H3,(H2,16,18). The summed E-state index contributed by atoms with van der Waals surface area (Å²) in [5.74, 6) is -0.765. The summed E-state index contributed by atoms with van der Waals surface area (Å²) in [4.78, 5) is 2.43. The van der Waals surface area contributed by atoms with Crippen molar-refractivity contribution in [1.82, 2.24) is 4.90 Å². The van der Waals surface area contributed by atoms with E-state index in [0.29, 0.717) is 23.6 Å². The van der Waals surface area contributed by atoms with Gasteiger partial charge in [-0.05, 0) is 24.7 Å². The van der Waals surface area contributed by atoms with Gasteiger partial charge in [-0.3, -0.25) is 4.90 Å². The SMILES string of the molecule is CCN(Cc1cc(F)ccc1F)CC(C)C(N)=S. The fourth-order valence-electron chi connectivity index (χ4n) is 1.69. The number of nitrogens with two attached hydrogens (primary N) is 1. The highest BCUT2D eigenvalue weighted by Crippen LogP contribution is 2.13. The van der Waals surface area contributed by atoms with Gasteiger partial charge in [-0.15, -0.1) is 0 Å². The first-order chi connectivity index (χ1) is 8.43. The molecule has 1 aromatic rings. The van der Waals surface area contributed by atoms with Crippen LogP contribution < -0.4 is 5.73 Å². The molecule has 100 valence electrons. The first-order valence-corrected chi connectivity index (χ1v) is 6.30. The maximum absolute atomic E-state index is 13.5. The molecular weight excluding hydrogens is 254 g/mol. The monoisotopic (exact) mass is 272 g/mol. The van der Waals surface area contributed by atoms with E-state index in [9.17, 15) is 8.78 Å². The van der Waals surface area contributed by atoms with Crippen molar-refractivity contribution < 1.29 is 8.78 Å². The molecule has 0 aliphatic carbocycles. The topological polar surface area (TPSA) is 29.3 Å². The third kappa shape index (κ3) is 4.31. The van der Waals surface area contributed by atoms with E-state index in [0.717, 1.165) is 18.7 Å². The average molecular weight is 272 g/mol. The third-order valence-electron chi connectivity index (χ3n) is 2.87. The second kappa shape index (κ2) is 6.75. The molecule has 0 radical (unpaired) electrons. The molecule has 5 heteroatoms. The summed E-state index contributed by atoms with van der Waals surface area (Å²) in [6.07, 6.45) is 0. The fraction of sp³-hybridized carbons (Fsp3) is 0.462. The second-order valence-corrected chi connectivity index (χ2v) is 4.84.